The average molecular weight is 734 g/mol. The van der Waals surface area contributed by atoms with Gasteiger partial charge in [-0.15, -0.1) is 0 Å². The van der Waals surface area contributed by atoms with Crippen molar-refractivity contribution in [3.05, 3.63) is 95.7 Å². The number of hydrogen-bond donors (Lipinski definition) is 1. The van der Waals surface area contributed by atoms with E-state index in [-0.39, 0.29) is 31.8 Å². The molecule has 8 heteroatoms. The molecule has 1 aliphatic rings. The van der Waals surface area contributed by atoms with Gasteiger partial charge in [-0.3, -0.25) is 14.2 Å². The lowest BCUT2D eigenvalue weighted by Gasteiger charge is -2.16. The number of anilines is 1. The van der Waals surface area contributed by atoms with E-state index in [0.717, 1.165) is 96.3 Å². The molecule has 1 N–H and O–H groups in total. The number of amides is 1. The quantitative estimate of drug-likeness (QED) is 0.0480. The number of unbranched alkanes of at least 4 members (excludes halogenated alkanes) is 10. The number of allylic oxidation sites excluding steroid dienone is 12. The maximum atomic E-state index is 12.7. The van der Waals surface area contributed by atoms with Crippen molar-refractivity contribution in [1.82, 2.24) is 9.55 Å². The number of carbonyl (C=O) groups excluding carboxylic acids is 2. The third-order valence-corrected chi connectivity index (χ3v) is 9.01. The Morgan fingerprint density at radius 2 is 1.25 bits per heavy atom. The first kappa shape index (κ1) is 45.4. The molecule has 0 aliphatic carbocycles. The lowest BCUT2D eigenvalue weighted by atomic mass is 10.1. The second kappa shape index (κ2) is 31.7. The Morgan fingerprint density at radius 1 is 0.736 bits per heavy atom. The van der Waals surface area contributed by atoms with Gasteiger partial charge in [0.15, 0.2) is 0 Å². The first-order valence-corrected chi connectivity index (χ1v) is 20.6. The van der Waals surface area contributed by atoms with Crippen molar-refractivity contribution in [2.24, 2.45) is 0 Å². The molecule has 0 saturated carbocycles. The summed E-state index contributed by atoms with van der Waals surface area (Å²) in [5, 5.41) is 2.75. The zero-order valence-electron chi connectivity index (χ0n) is 32.9. The number of rotatable bonds is 30. The third-order valence-electron chi connectivity index (χ3n) is 9.01. The molecule has 0 bridgehead atoms. The lowest BCUT2D eigenvalue weighted by Crippen LogP contribution is -2.29. The molecule has 2 atom stereocenters. The van der Waals surface area contributed by atoms with Crippen molar-refractivity contribution in [3.63, 3.8) is 0 Å². The molecule has 1 aromatic rings. The normalized spacial score (nSPS) is 16.5. The summed E-state index contributed by atoms with van der Waals surface area (Å²) in [5.74, 6) is -0.0752. The first-order chi connectivity index (χ1) is 26.0. The van der Waals surface area contributed by atoms with Crippen molar-refractivity contribution in [1.29, 1.82) is 0 Å². The number of esters is 1. The Bertz CT molecular complexity index is 1360. The highest BCUT2D eigenvalue weighted by atomic mass is 16.6. The molecule has 0 radical (unpaired) electrons. The van der Waals surface area contributed by atoms with E-state index in [4.69, 9.17) is 9.47 Å². The Hall–Kier alpha value is -3.78. The average Bonchev–Trinajstić information content (AvgIpc) is 3.62. The van der Waals surface area contributed by atoms with Crippen LogP contribution in [-0.4, -0.2) is 34.1 Å². The number of aromatic nitrogens is 2. The van der Waals surface area contributed by atoms with Gasteiger partial charge in [-0.05, 0) is 96.0 Å². The van der Waals surface area contributed by atoms with Crippen LogP contribution >= 0.6 is 0 Å². The molecule has 1 saturated heterocycles. The van der Waals surface area contributed by atoms with Crippen LogP contribution in [0.2, 0.25) is 0 Å². The van der Waals surface area contributed by atoms with Crippen molar-refractivity contribution in [2.75, 3.05) is 11.9 Å². The topological polar surface area (TPSA) is 99.5 Å². The van der Waals surface area contributed by atoms with E-state index in [9.17, 15) is 14.4 Å². The highest BCUT2D eigenvalue weighted by Crippen LogP contribution is 2.27. The molecular weight excluding hydrogens is 663 g/mol. The fraction of sp³-hybridized carbons (Fsp3) is 0.600. The zero-order chi connectivity index (χ0) is 38.0. The molecule has 2 rings (SSSR count). The van der Waals surface area contributed by atoms with E-state index in [2.05, 4.69) is 97.1 Å². The lowest BCUT2D eigenvalue weighted by molar-refractivity contribution is -0.148. The number of nitrogens with one attached hydrogen (secondary N) is 1. The Morgan fingerprint density at radius 3 is 1.81 bits per heavy atom. The van der Waals surface area contributed by atoms with E-state index < -0.39 is 11.9 Å². The summed E-state index contributed by atoms with van der Waals surface area (Å²) in [6.45, 7) is 4.48. The Balaban J connectivity index is 0.0000146. The molecule has 0 spiro atoms. The number of hydrogen-bond acceptors (Lipinski definition) is 6. The van der Waals surface area contributed by atoms with Crippen LogP contribution in [0.5, 0.6) is 0 Å². The minimum absolute atomic E-state index is 0. The number of ether oxygens (including phenoxy) is 2. The summed E-state index contributed by atoms with van der Waals surface area (Å²) < 4.78 is 12.9. The van der Waals surface area contributed by atoms with Gasteiger partial charge in [0.25, 0.3) is 0 Å². The molecule has 8 nitrogen and oxygen atoms in total. The maximum absolute atomic E-state index is 12.7. The fourth-order valence-corrected chi connectivity index (χ4v) is 5.97. The van der Waals surface area contributed by atoms with E-state index in [1.165, 1.54) is 23.8 Å². The third kappa shape index (κ3) is 24.2. The molecule has 1 amide bonds. The predicted octanol–water partition coefficient (Wildman–Crippen LogP) is 11.8. The number of carbonyl (C=O) groups is 2. The molecule has 1 fully saturated rings. The standard InChI is InChI=1S/C45H69N3O5.H2/c1-3-5-7-9-11-13-15-17-19-21-23-25-27-29-31-33-42(49)46-41-37-38-48(45(51)47-41)43-36-35-40(53-43)39-52-44(50)34-32-30-28-26-24-22-20-18-16-14-12-10-8-6-4-2;/h5-8,11-14,17-20,37-38,40,43H,3-4,9-10,15-16,21-36,39H2,1-2H3,(H,46,47,49,51);1H/b7-5-,8-6-,13-11-,14-12-,19-17-,20-18-;/t40-,43?;/m0./s1. The fourth-order valence-electron chi connectivity index (χ4n) is 5.97. The van der Waals surface area contributed by atoms with Crippen LogP contribution in [0.15, 0.2) is 90.0 Å². The second-order valence-corrected chi connectivity index (χ2v) is 13.7. The SMILES string of the molecule is CC/C=C\C/C=C\C/C=C\CCCCCCCC(=O)Nc1ccn(C2CC[C@@H](COC(=O)CCCCCCC/C=C\C/C=C\C/C=C\CC)O2)c(=O)n1.[HH]. The molecular formula is C45H71N3O5. The largest absolute Gasteiger partial charge is 0.463 e. The van der Waals surface area contributed by atoms with Crippen LogP contribution in [0, 0.1) is 0 Å². The molecule has 1 aromatic heterocycles. The van der Waals surface area contributed by atoms with Gasteiger partial charge < -0.3 is 14.8 Å². The van der Waals surface area contributed by atoms with Crippen molar-refractivity contribution in [2.45, 2.75) is 167 Å². The van der Waals surface area contributed by atoms with Crippen LogP contribution < -0.4 is 11.0 Å². The van der Waals surface area contributed by atoms with Gasteiger partial charge in [0.05, 0.1) is 6.10 Å². The second-order valence-electron chi connectivity index (χ2n) is 13.7. The van der Waals surface area contributed by atoms with Gasteiger partial charge >= 0.3 is 11.7 Å². The summed E-state index contributed by atoms with van der Waals surface area (Å²) in [4.78, 5) is 41.5. The van der Waals surface area contributed by atoms with Crippen LogP contribution in [0.3, 0.4) is 0 Å². The highest BCUT2D eigenvalue weighted by Gasteiger charge is 2.28. The smallest absolute Gasteiger partial charge is 0.351 e. The summed E-state index contributed by atoms with van der Waals surface area (Å²) in [6.07, 6.45) is 48.6. The van der Waals surface area contributed by atoms with Gasteiger partial charge in [-0.1, -0.05) is 125 Å². The molecule has 53 heavy (non-hydrogen) atoms. The summed E-state index contributed by atoms with van der Waals surface area (Å²) in [7, 11) is 0. The molecule has 0 aromatic carbocycles. The molecule has 296 valence electrons. The predicted molar refractivity (Wildman–Crippen MR) is 222 cm³/mol. The van der Waals surface area contributed by atoms with Gasteiger partial charge in [-0.2, -0.15) is 4.98 Å². The summed E-state index contributed by atoms with van der Waals surface area (Å²) in [5.41, 5.74) is -0.473. The van der Waals surface area contributed by atoms with E-state index >= 15 is 0 Å². The molecule has 1 aliphatic heterocycles. The van der Waals surface area contributed by atoms with Crippen LogP contribution in [0.4, 0.5) is 5.82 Å². The van der Waals surface area contributed by atoms with Crippen molar-refractivity contribution < 1.29 is 20.5 Å². The van der Waals surface area contributed by atoms with Crippen LogP contribution in [0.25, 0.3) is 0 Å². The zero-order valence-corrected chi connectivity index (χ0v) is 32.9. The highest BCUT2D eigenvalue weighted by molar-refractivity contribution is 5.89. The monoisotopic (exact) mass is 734 g/mol. The Labute approximate surface area is 322 Å². The first-order valence-electron chi connectivity index (χ1n) is 20.6. The molecule has 1 unspecified atom stereocenters. The van der Waals surface area contributed by atoms with E-state index in [1.54, 1.807) is 12.3 Å². The summed E-state index contributed by atoms with van der Waals surface area (Å²) >= 11 is 0. The minimum Gasteiger partial charge on any atom is -0.463 e. The van der Waals surface area contributed by atoms with E-state index in [0.29, 0.717) is 25.7 Å². The molecule has 2 heterocycles. The maximum Gasteiger partial charge on any atom is 0.351 e. The van der Waals surface area contributed by atoms with Gasteiger partial charge in [-0.25, -0.2) is 4.79 Å². The van der Waals surface area contributed by atoms with Gasteiger partial charge in [0.2, 0.25) is 5.91 Å². The number of nitrogens with zero attached hydrogens (tertiary/aromatic N) is 2. The van der Waals surface area contributed by atoms with Gasteiger partial charge in [0, 0.05) is 20.5 Å². The minimum atomic E-state index is -0.473. The van der Waals surface area contributed by atoms with E-state index in [1.807, 2.05) is 0 Å². The van der Waals surface area contributed by atoms with Crippen LogP contribution in [-0.2, 0) is 19.1 Å². The van der Waals surface area contributed by atoms with Crippen molar-refractivity contribution >= 4 is 17.7 Å². The van der Waals surface area contributed by atoms with Gasteiger partial charge in [0.1, 0.15) is 18.7 Å². The van der Waals surface area contributed by atoms with Crippen LogP contribution in [0.1, 0.15) is 163 Å². The van der Waals surface area contributed by atoms with Crippen molar-refractivity contribution in [3.8, 4) is 0 Å². The Kier molecular flexibility index (Phi) is 27.2. The summed E-state index contributed by atoms with van der Waals surface area (Å²) in [6, 6.07) is 1.63.